The van der Waals surface area contributed by atoms with Gasteiger partial charge in [0.1, 0.15) is 0 Å². The molecule has 0 bridgehead atoms. The molecule has 0 spiro atoms. The maximum Gasteiger partial charge on any atom is 0.417 e. The van der Waals surface area contributed by atoms with Crippen molar-refractivity contribution in [1.82, 2.24) is 5.32 Å². The summed E-state index contributed by atoms with van der Waals surface area (Å²) < 4.78 is 38.2. The summed E-state index contributed by atoms with van der Waals surface area (Å²) >= 11 is 3.19. The van der Waals surface area contributed by atoms with Gasteiger partial charge in [0, 0.05) is 10.9 Å². The number of halogens is 4. The number of carbonyl (C=O) groups is 1. The number of carbonyl (C=O) groups excluding carboxylic acids is 1. The predicted octanol–water partition coefficient (Wildman–Crippen LogP) is 3.61. The Morgan fingerprint density at radius 1 is 1.28 bits per heavy atom. The lowest BCUT2D eigenvalue weighted by atomic mass is 10.0. The molecule has 18 heavy (non-hydrogen) atoms. The zero-order chi connectivity index (χ0) is 14.0. The van der Waals surface area contributed by atoms with Crippen LogP contribution in [0.1, 0.15) is 29.8 Å². The highest BCUT2D eigenvalue weighted by molar-refractivity contribution is 9.09. The van der Waals surface area contributed by atoms with Crippen molar-refractivity contribution in [2.24, 2.45) is 0 Å². The number of amides is 1. The molecule has 0 aromatic heterocycles. The van der Waals surface area contributed by atoms with Gasteiger partial charge < -0.3 is 5.32 Å². The Bertz CT molecular complexity index is 443. The lowest BCUT2D eigenvalue weighted by Gasteiger charge is -2.24. The fourth-order valence-corrected chi connectivity index (χ4v) is 1.48. The Labute approximate surface area is 112 Å². The van der Waals surface area contributed by atoms with Gasteiger partial charge in [0.2, 0.25) is 0 Å². The second-order valence-corrected chi connectivity index (χ2v) is 5.08. The van der Waals surface area contributed by atoms with Crippen LogP contribution in [0, 0.1) is 0 Å². The van der Waals surface area contributed by atoms with Gasteiger partial charge in [-0.05, 0) is 26.0 Å². The van der Waals surface area contributed by atoms with Gasteiger partial charge in [-0.1, -0.05) is 28.1 Å². The van der Waals surface area contributed by atoms with Gasteiger partial charge in [0.05, 0.1) is 11.1 Å². The largest absolute Gasteiger partial charge is 0.417 e. The molecule has 0 heterocycles. The Balaban J connectivity index is 3.07. The van der Waals surface area contributed by atoms with E-state index in [-0.39, 0.29) is 5.56 Å². The minimum atomic E-state index is -4.54. The molecule has 0 saturated heterocycles. The number of rotatable bonds is 3. The Hall–Kier alpha value is -1.04. The Morgan fingerprint density at radius 3 is 2.33 bits per heavy atom. The molecule has 0 radical (unpaired) electrons. The van der Waals surface area contributed by atoms with Gasteiger partial charge in [0.15, 0.2) is 0 Å². The highest BCUT2D eigenvalue weighted by Gasteiger charge is 2.35. The van der Waals surface area contributed by atoms with E-state index in [0.717, 1.165) is 6.07 Å². The molecule has 1 amide bonds. The minimum Gasteiger partial charge on any atom is -0.346 e. The van der Waals surface area contributed by atoms with E-state index in [0.29, 0.717) is 5.33 Å². The normalized spacial score (nSPS) is 12.3. The second kappa shape index (κ2) is 5.30. The molecule has 0 aliphatic carbocycles. The fraction of sp³-hybridized carbons (Fsp3) is 0.417. The van der Waals surface area contributed by atoms with E-state index in [4.69, 9.17) is 0 Å². The van der Waals surface area contributed by atoms with Crippen molar-refractivity contribution >= 4 is 21.8 Å². The SMILES string of the molecule is CC(C)(CBr)NC(=O)c1ccccc1C(F)(F)F. The molecule has 0 atom stereocenters. The fourth-order valence-electron chi connectivity index (χ4n) is 1.34. The van der Waals surface area contributed by atoms with Crippen molar-refractivity contribution in [2.45, 2.75) is 25.6 Å². The second-order valence-electron chi connectivity index (χ2n) is 4.51. The third-order valence-electron chi connectivity index (χ3n) is 2.26. The summed E-state index contributed by atoms with van der Waals surface area (Å²) in [5, 5.41) is 2.99. The van der Waals surface area contributed by atoms with E-state index in [1.165, 1.54) is 18.2 Å². The van der Waals surface area contributed by atoms with Crippen molar-refractivity contribution in [3.8, 4) is 0 Å². The smallest absolute Gasteiger partial charge is 0.346 e. The number of nitrogens with one attached hydrogen (secondary N) is 1. The van der Waals surface area contributed by atoms with Gasteiger partial charge in [-0.3, -0.25) is 4.79 Å². The summed E-state index contributed by atoms with van der Waals surface area (Å²) in [6.07, 6.45) is -4.54. The molecule has 1 aromatic rings. The van der Waals surface area contributed by atoms with Gasteiger partial charge in [-0.2, -0.15) is 13.2 Å². The minimum absolute atomic E-state index is 0.362. The molecule has 1 N–H and O–H groups in total. The molecule has 0 aliphatic rings. The standard InChI is InChI=1S/C12H13BrF3NO/c1-11(2,7-13)17-10(18)8-5-3-4-6-9(8)12(14,15)16/h3-6H,7H2,1-2H3,(H,17,18). The highest BCUT2D eigenvalue weighted by Crippen LogP contribution is 2.31. The van der Waals surface area contributed by atoms with Gasteiger partial charge in [0.25, 0.3) is 5.91 Å². The first-order valence-corrected chi connectivity index (χ1v) is 6.34. The number of benzene rings is 1. The molecule has 6 heteroatoms. The highest BCUT2D eigenvalue weighted by atomic mass is 79.9. The lowest BCUT2D eigenvalue weighted by molar-refractivity contribution is -0.137. The van der Waals surface area contributed by atoms with Crippen LogP contribution < -0.4 is 5.32 Å². The van der Waals surface area contributed by atoms with Crippen LogP contribution in [0.15, 0.2) is 24.3 Å². The zero-order valence-corrected chi connectivity index (χ0v) is 11.5. The van der Waals surface area contributed by atoms with E-state index in [1.54, 1.807) is 13.8 Å². The van der Waals surface area contributed by atoms with Crippen molar-refractivity contribution in [1.29, 1.82) is 0 Å². The number of hydrogen-bond donors (Lipinski definition) is 1. The topological polar surface area (TPSA) is 29.1 Å². The molecule has 100 valence electrons. The van der Waals surface area contributed by atoms with Crippen LogP contribution in [0.2, 0.25) is 0 Å². The maximum absolute atomic E-state index is 12.7. The Kier molecular flexibility index (Phi) is 4.42. The van der Waals surface area contributed by atoms with E-state index in [1.807, 2.05) is 0 Å². The quantitative estimate of drug-likeness (QED) is 0.846. The summed E-state index contributed by atoms with van der Waals surface area (Å²) in [5.41, 5.74) is -1.90. The number of alkyl halides is 4. The van der Waals surface area contributed by atoms with Crippen molar-refractivity contribution in [2.75, 3.05) is 5.33 Å². The zero-order valence-electron chi connectivity index (χ0n) is 9.94. The summed E-state index contributed by atoms with van der Waals surface area (Å²) in [6.45, 7) is 3.44. The van der Waals surface area contributed by atoms with Gasteiger partial charge in [-0.15, -0.1) is 0 Å². The summed E-state index contributed by atoms with van der Waals surface area (Å²) in [5.74, 6) is -0.729. The molecule has 1 rings (SSSR count). The Morgan fingerprint density at radius 2 is 1.83 bits per heavy atom. The molecule has 0 unspecified atom stereocenters. The van der Waals surface area contributed by atoms with Crippen LogP contribution in [0.25, 0.3) is 0 Å². The van der Waals surface area contributed by atoms with Crippen LogP contribution in [-0.4, -0.2) is 16.8 Å². The summed E-state index contributed by atoms with van der Waals surface area (Å²) in [7, 11) is 0. The average Bonchev–Trinajstić information content (AvgIpc) is 2.27. The first-order valence-electron chi connectivity index (χ1n) is 5.22. The molecular weight excluding hydrogens is 311 g/mol. The molecular formula is C12H13BrF3NO. The molecule has 2 nitrogen and oxygen atoms in total. The lowest BCUT2D eigenvalue weighted by Crippen LogP contribution is -2.45. The monoisotopic (exact) mass is 323 g/mol. The third kappa shape index (κ3) is 3.73. The molecule has 0 saturated carbocycles. The van der Waals surface area contributed by atoms with Crippen LogP contribution in [0.5, 0.6) is 0 Å². The van der Waals surface area contributed by atoms with Crippen LogP contribution >= 0.6 is 15.9 Å². The van der Waals surface area contributed by atoms with E-state index >= 15 is 0 Å². The predicted molar refractivity (Wildman–Crippen MR) is 66.8 cm³/mol. The first kappa shape index (κ1) is 15.0. The summed E-state index contributed by atoms with van der Waals surface area (Å²) in [4.78, 5) is 11.9. The molecule has 1 aromatic carbocycles. The van der Waals surface area contributed by atoms with E-state index in [2.05, 4.69) is 21.2 Å². The van der Waals surface area contributed by atoms with Crippen molar-refractivity contribution < 1.29 is 18.0 Å². The van der Waals surface area contributed by atoms with Crippen LogP contribution in [-0.2, 0) is 6.18 Å². The van der Waals surface area contributed by atoms with Crippen molar-refractivity contribution in [3.63, 3.8) is 0 Å². The maximum atomic E-state index is 12.7. The molecule has 0 fully saturated rings. The third-order valence-corrected chi connectivity index (χ3v) is 3.66. The van der Waals surface area contributed by atoms with Crippen molar-refractivity contribution in [3.05, 3.63) is 35.4 Å². The first-order chi connectivity index (χ1) is 8.17. The van der Waals surface area contributed by atoms with E-state index < -0.39 is 23.2 Å². The van der Waals surface area contributed by atoms with E-state index in [9.17, 15) is 18.0 Å². The van der Waals surface area contributed by atoms with Gasteiger partial charge in [-0.25, -0.2) is 0 Å². The van der Waals surface area contributed by atoms with Crippen LogP contribution in [0.4, 0.5) is 13.2 Å². The summed E-state index contributed by atoms with van der Waals surface area (Å²) in [6, 6.07) is 4.74. The molecule has 0 aliphatic heterocycles. The van der Waals surface area contributed by atoms with Gasteiger partial charge >= 0.3 is 6.18 Å². The average molecular weight is 324 g/mol. The van der Waals surface area contributed by atoms with Crippen LogP contribution in [0.3, 0.4) is 0 Å². The number of hydrogen-bond acceptors (Lipinski definition) is 1.